The van der Waals surface area contributed by atoms with Gasteiger partial charge in [0, 0.05) is 26.7 Å². The number of hydrogen-bond donors (Lipinski definition) is 1. The third-order valence-electron chi connectivity index (χ3n) is 5.39. The molecule has 0 aromatic heterocycles. The van der Waals surface area contributed by atoms with Gasteiger partial charge in [0.25, 0.3) is 0 Å². The summed E-state index contributed by atoms with van der Waals surface area (Å²) in [5.41, 5.74) is 1.15. The first-order valence-corrected chi connectivity index (χ1v) is 12.9. The van der Waals surface area contributed by atoms with Crippen molar-refractivity contribution >= 4 is 27.7 Å². The zero-order valence-electron chi connectivity index (χ0n) is 21.3. The first-order chi connectivity index (χ1) is 16.5. The third kappa shape index (κ3) is 7.43. The zero-order valence-corrected chi connectivity index (χ0v) is 22.1. The van der Waals surface area contributed by atoms with Crippen LogP contribution in [0.5, 0.6) is 5.75 Å². The van der Waals surface area contributed by atoms with Crippen LogP contribution in [0.1, 0.15) is 32.8 Å². The molecular formula is C25H36N4O5S. The lowest BCUT2D eigenvalue weighted by Gasteiger charge is -2.34. The molecule has 0 aliphatic carbocycles. The lowest BCUT2D eigenvalue weighted by atomic mass is 10.1. The number of benzene rings is 2. The topological polar surface area (TPSA) is 99.3 Å². The highest BCUT2D eigenvalue weighted by molar-refractivity contribution is 7.90. The van der Waals surface area contributed by atoms with Crippen LogP contribution < -0.4 is 14.4 Å². The van der Waals surface area contributed by atoms with E-state index in [4.69, 9.17) is 4.74 Å². The van der Waals surface area contributed by atoms with Gasteiger partial charge in [-0.3, -0.25) is 9.59 Å². The van der Waals surface area contributed by atoms with Crippen molar-refractivity contribution in [3.63, 3.8) is 0 Å². The van der Waals surface area contributed by atoms with Gasteiger partial charge in [0.05, 0.1) is 12.8 Å². The molecule has 0 radical (unpaired) electrons. The molecule has 0 saturated carbocycles. The van der Waals surface area contributed by atoms with Gasteiger partial charge in [-0.1, -0.05) is 37.3 Å². The summed E-state index contributed by atoms with van der Waals surface area (Å²) in [6.07, 6.45) is 0.367. The minimum atomic E-state index is -3.97. The minimum absolute atomic E-state index is 0.107. The Morgan fingerprint density at radius 3 is 2.09 bits per heavy atom. The van der Waals surface area contributed by atoms with Gasteiger partial charge < -0.3 is 15.0 Å². The van der Waals surface area contributed by atoms with Gasteiger partial charge in [-0.05, 0) is 50.1 Å². The van der Waals surface area contributed by atoms with Gasteiger partial charge in [0.1, 0.15) is 18.3 Å². The first kappa shape index (κ1) is 28.1. The molecule has 1 N–H and O–H groups in total. The van der Waals surface area contributed by atoms with Crippen LogP contribution in [0.4, 0.5) is 5.69 Å². The normalized spacial score (nSPS) is 12.3. The molecule has 0 aliphatic rings. The number of para-hydroxylation sites is 1. The summed E-state index contributed by atoms with van der Waals surface area (Å²) in [7, 11) is 0.420. The molecule has 35 heavy (non-hydrogen) atoms. The molecule has 0 unspecified atom stereocenters. The van der Waals surface area contributed by atoms with Crippen LogP contribution in [-0.4, -0.2) is 69.3 Å². The van der Waals surface area contributed by atoms with E-state index >= 15 is 0 Å². The number of anilines is 1. The van der Waals surface area contributed by atoms with Crippen molar-refractivity contribution in [1.82, 2.24) is 14.5 Å². The van der Waals surface area contributed by atoms with Crippen LogP contribution in [0, 0.1) is 0 Å². The van der Waals surface area contributed by atoms with Crippen molar-refractivity contribution < 1.29 is 22.7 Å². The molecule has 0 saturated heterocycles. The predicted molar refractivity (Wildman–Crippen MR) is 137 cm³/mol. The Balaban J connectivity index is 2.47. The summed E-state index contributed by atoms with van der Waals surface area (Å²) < 4.78 is 33.6. The SMILES string of the molecule is CC[C@@H](C(=O)NC(C)C)N(Cc1ccc(OC)cc1)C(=O)CN(c1ccccc1)S(=O)(=O)N(C)C. The maximum Gasteiger partial charge on any atom is 0.304 e. The summed E-state index contributed by atoms with van der Waals surface area (Å²) >= 11 is 0. The zero-order chi connectivity index (χ0) is 26.2. The molecule has 0 aliphatic heterocycles. The summed E-state index contributed by atoms with van der Waals surface area (Å²) in [5, 5.41) is 2.87. The number of carbonyl (C=O) groups is 2. The van der Waals surface area contributed by atoms with Crippen LogP contribution in [0.3, 0.4) is 0 Å². The Kier molecular flexibility index (Phi) is 10.1. The number of methoxy groups -OCH3 is 1. The maximum absolute atomic E-state index is 13.7. The Bertz CT molecular complexity index is 1070. The molecular weight excluding hydrogens is 468 g/mol. The maximum atomic E-state index is 13.7. The minimum Gasteiger partial charge on any atom is -0.497 e. The molecule has 2 aromatic carbocycles. The molecule has 0 fully saturated rings. The molecule has 9 nitrogen and oxygen atoms in total. The molecule has 192 valence electrons. The van der Waals surface area contributed by atoms with Crippen molar-refractivity contribution in [3.8, 4) is 5.75 Å². The average Bonchev–Trinajstić information content (AvgIpc) is 2.82. The van der Waals surface area contributed by atoms with E-state index in [1.807, 2.05) is 32.9 Å². The average molecular weight is 505 g/mol. The second-order valence-corrected chi connectivity index (χ2v) is 10.7. The fraction of sp³-hybridized carbons (Fsp3) is 0.440. The Morgan fingerprint density at radius 1 is 1.00 bits per heavy atom. The number of amides is 2. The van der Waals surface area contributed by atoms with Crippen LogP contribution in [0.25, 0.3) is 0 Å². The van der Waals surface area contributed by atoms with Gasteiger partial charge >= 0.3 is 10.2 Å². The molecule has 1 atom stereocenters. The molecule has 0 spiro atoms. The Morgan fingerprint density at radius 2 is 1.60 bits per heavy atom. The van der Waals surface area contributed by atoms with Crippen LogP contribution in [-0.2, 0) is 26.3 Å². The van der Waals surface area contributed by atoms with E-state index in [1.165, 1.54) is 19.0 Å². The monoisotopic (exact) mass is 504 g/mol. The molecule has 2 amide bonds. The Hall–Kier alpha value is -3.11. The van der Waals surface area contributed by atoms with Gasteiger partial charge in [0.15, 0.2) is 0 Å². The lowest BCUT2D eigenvalue weighted by molar-refractivity contribution is -0.140. The van der Waals surface area contributed by atoms with Gasteiger partial charge in [-0.25, -0.2) is 4.31 Å². The number of carbonyl (C=O) groups excluding carboxylic acids is 2. The van der Waals surface area contributed by atoms with Crippen LogP contribution >= 0.6 is 0 Å². The molecule has 10 heteroatoms. The van der Waals surface area contributed by atoms with E-state index in [-0.39, 0.29) is 18.5 Å². The molecule has 0 heterocycles. The van der Waals surface area contributed by atoms with E-state index in [0.29, 0.717) is 17.9 Å². The van der Waals surface area contributed by atoms with E-state index in [2.05, 4.69) is 5.32 Å². The van der Waals surface area contributed by atoms with Crippen molar-refractivity contribution in [2.45, 2.75) is 45.8 Å². The first-order valence-electron chi connectivity index (χ1n) is 11.5. The van der Waals surface area contributed by atoms with E-state index < -0.39 is 28.7 Å². The van der Waals surface area contributed by atoms with Crippen molar-refractivity contribution in [1.29, 1.82) is 0 Å². The standard InChI is InChI=1S/C25H36N4O5S/c1-7-23(25(31)26-19(2)3)28(17-20-13-15-22(34-6)16-14-20)24(30)18-29(35(32,33)27(4)5)21-11-9-8-10-12-21/h8-16,19,23H,7,17-18H2,1-6H3,(H,26,31)/t23-/m0/s1. The quantitative estimate of drug-likeness (QED) is 0.479. The highest BCUT2D eigenvalue weighted by Gasteiger charge is 2.33. The third-order valence-corrected chi connectivity index (χ3v) is 7.21. The smallest absolute Gasteiger partial charge is 0.304 e. The number of nitrogens with one attached hydrogen (secondary N) is 1. The van der Waals surface area contributed by atoms with Gasteiger partial charge in [-0.2, -0.15) is 12.7 Å². The van der Waals surface area contributed by atoms with Crippen molar-refractivity contribution in [3.05, 3.63) is 60.2 Å². The molecule has 0 bridgehead atoms. The fourth-order valence-electron chi connectivity index (χ4n) is 3.54. The number of hydrogen-bond acceptors (Lipinski definition) is 5. The number of rotatable bonds is 12. The highest BCUT2D eigenvalue weighted by Crippen LogP contribution is 2.21. The van der Waals surface area contributed by atoms with Crippen LogP contribution in [0.2, 0.25) is 0 Å². The lowest BCUT2D eigenvalue weighted by Crippen LogP contribution is -2.54. The molecule has 2 rings (SSSR count). The van der Waals surface area contributed by atoms with Crippen molar-refractivity contribution in [2.24, 2.45) is 0 Å². The fourth-order valence-corrected chi connectivity index (χ4v) is 4.59. The Labute approximate surface area is 208 Å². The summed E-state index contributed by atoms with van der Waals surface area (Å²) in [6, 6.07) is 14.8. The number of ether oxygens (including phenoxy) is 1. The predicted octanol–water partition coefficient (Wildman–Crippen LogP) is 2.64. The largest absolute Gasteiger partial charge is 0.497 e. The highest BCUT2D eigenvalue weighted by atomic mass is 32.2. The van der Waals surface area contributed by atoms with Crippen LogP contribution in [0.15, 0.2) is 54.6 Å². The van der Waals surface area contributed by atoms with E-state index in [0.717, 1.165) is 14.2 Å². The van der Waals surface area contributed by atoms with E-state index in [1.54, 1.807) is 49.6 Å². The second-order valence-electron chi connectivity index (χ2n) is 8.59. The number of nitrogens with zero attached hydrogens (tertiary/aromatic N) is 3. The summed E-state index contributed by atoms with van der Waals surface area (Å²) in [5.74, 6) is -0.101. The van der Waals surface area contributed by atoms with Gasteiger partial charge in [0.2, 0.25) is 11.8 Å². The van der Waals surface area contributed by atoms with Gasteiger partial charge in [-0.15, -0.1) is 0 Å². The van der Waals surface area contributed by atoms with E-state index in [9.17, 15) is 18.0 Å². The summed E-state index contributed by atoms with van der Waals surface area (Å²) in [6.45, 7) is 5.20. The second kappa shape index (κ2) is 12.6. The summed E-state index contributed by atoms with van der Waals surface area (Å²) in [4.78, 5) is 28.2. The molecule has 2 aromatic rings. The van der Waals surface area contributed by atoms with Crippen molar-refractivity contribution in [2.75, 3.05) is 32.1 Å².